The normalized spacial score (nSPS) is 9.86. The predicted octanol–water partition coefficient (Wildman–Crippen LogP) is 1.79. The van der Waals surface area contributed by atoms with E-state index in [1.54, 1.807) is 6.07 Å². The summed E-state index contributed by atoms with van der Waals surface area (Å²) in [6.07, 6.45) is -0.269. The van der Waals surface area contributed by atoms with Crippen molar-refractivity contribution in [2.75, 3.05) is 7.11 Å². The first kappa shape index (κ1) is 10.8. The van der Waals surface area contributed by atoms with Crippen LogP contribution >= 0.6 is 15.9 Å². The van der Waals surface area contributed by atoms with E-state index >= 15 is 0 Å². The maximum Gasteiger partial charge on any atom is 0.308 e. The summed E-state index contributed by atoms with van der Waals surface area (Å²) < 4.78 is 5.61. The van der Waals surface area contributed by atoms with Crippen LogP contribution in [-0.4, -0.2) is 23.3 Å². The van der Waals surface area contributed by atoms with Crippen molar-refractivity contribution < 1.29 is 19.7 Å². The minimum absolute atomic E-state index is 0.0764. The Morgan fingerprint density at radius 1 is 1.57 bits per heavy atom. The number of hydrogen-bond donors (Lipinski definition) is 2. The van der Waals surface area contributed by atoms with Crippen molar-refractivity contribution >= 4 is 21.9 Å². The fourth-order valence-electron chi connectivity index (χ4n) is 1.13. The molecule has 1 aromatic rings. The quantitative estimate of drug-likeness (QED) is 0.870. The van der Waals surface area contributed by atoms with Gasteiger partial charge in [0.25, 0.3) is 0 Å². The zero-order valence-electron chi connectivity index (χ0n) is 7.45. The van der Waals surface area contributed by atoms with Crippen molar-refractivity contribution in [3.05, 3.63) is 22.2 Å². The number of aliphatic carboxylic acids is 1. The summed E-state index contributed by atoms with van der Waals surface area (Å²) in [5.74, 6) is -0.739. The molecular formula is C9H9BrO4. The van der Waals surface area contributed by atoms with Crippen LogP contribution in [-0.2, 0) is 11.2 Å². The average Bonchev–Trinajstić information content (AvgIpc) is 2.11. The molecule has 0 unspecified atom stereocenters. The Labute approximate surface area is 89.3 Å². The number of rotatable bonds is 3. The third-order valence-corrected chi connectivity index (χ3v) is 2.34. The Morgan fingerprint density at radius 2 is 2.21 bits per heavy atom. The first-order valence-electron chi connectivity index (χ1n) is 3.82. The molecule has 1 aromatic carbocycles. The molecule has 0 spiro atoms. The molecule has 0 radical (unpaired) electrons. The van der Waals surface area contributed by atoms with Crippen molar-refractivity contribution in [1.82, 2.24) is 0 Å². The highest BCUT2D eigenvalue weighted by Crippen LogP contribution is 2.35. The largest absolute Gasteiger partial charge is 0.508 e. The molecule has 0 amide bonds. The standard InChI is InChI=1S/C9H9BrO4/c1-14-9-5(4-8(12)13)7(11)3-2-6(9)10/h2-3,11H,4H2,1H3,(H,12,13). The number of phenols is 1. The number of carboxylic acids is 1. The summed E-state index contributed by atoms with van der Waals surface area (Å²) in [4.78, 5) is 10.5. The number of carbonyl (C=O) groups is 1. The molecular weight excluding hydrogens is 252 g/mol. The van der Waals surface area contributed by atoms with E-state index in [0.29, 0.717) is 10.2 Å². The topological polar surface area (TPSA) is 66.8 Å². The van der Waals surface area contributed by atoms with Gasteiger partial charge < -0.3 is 14.9 Å². The van der Waals surface area contributed by atoms with Gasteiger partial charge in [-0.3, -0.25) is 4.79 Å². The molecule has 0 aromatic heterocycles. The summed E-state index contributed by atoms with van der Waals surface area (Å²) >= 11 is 3.20. The van der Waals surface area contributed by atoms with Gasteiger partial charge in [-0.2, -0.15) is 0 Å². The van der Waals surface area contributed by atoms with Crippen molar-refractivity contribution in [1.29, 1.82) is 0 Å². The molecule has 0 aliphatic heterocycles. The SMILES string of the molecule is COc1c(Br)ccc(O)c1CC(=O)O. The van der Waals surface area contributed by atoms with E-state index in [1.807, 2.05) is 0 Å². The fourth-order valence-corrected chi connectivity index (χ4v) is 1.66. The Balaban J connectivity index is 3.22. The number of benzene rings is 1. The maximum atomic E-state index is 10.5. The van der Waals surface area contributed by atoms with Crippen molar-refractivity contribution in [2.45, 2.75) is 6.42 Å². The molecule has 76 valence electrons. The Kier molecular flexibility index (Phi) is 3.35. The van der Waals surface area contributed by atoms with Crippen LogP contribution in [0.4, 0.5) is 0 Å². The Hall–Kier alpha value is -1.23. The predicted molar refractivity (Wildman–Crippen MR) is 53.7 cm³/mol. The van der Waals surface area contributed by atoms with Gasteiger partial charge in [0.15, 0.2) is 0 Å². The number of hydrogen-bond acceptors (Lipinski definition) is 3. The molecule has 0 saturated carbocycles. The Bertz CT molecular complexity index is 362. The third kappa shape index (κ3) is 2.17. The van der Waals surface area contributed by atoms with Crippen LogP contribution in [0.2, 0.25) is 0 Å². The zero-order chi connectivity index (χ0) is 10.7. The van der Waals surface area contributed by atoms with Gasteiger partial charge in [-0.1, -0.05) is 0 Å². The van der Waals surface area contributed by atoms with Crippen LogP contribution in [0.1, 0.15) is 5.56 Å². The van der Waals surface area contributed by atoms with Crippen LogP contribution in [0.3, 0.4) is 0 Å². The highest BCUT2D eigenvalue weighted by Gasteiger charge is 2.15. The molecule has 2 N–H and O–H groups in total. The number of carboxylic acid groups (broad SMARTS) is 1. The van der Waals surface area contributed by atoms with Gasteiger partial charge in [0.05, 0.1) is 18.0 Å². The van der Waals surface area contributed by atoms with E-state index in [1.165, 1.54) is 13.2 Å². The molecule has 0 heterocycles. The van der Waals surface area contributed by atoms with Crippen LogP contribution in [0.5, 0.6) is 11.5 Å². The van der Waals surface area contributed by atoms with Gasteiger partial charge in [0.1, 0.15) is 11.5 Å². The summed E-state index contributed by atoms with van der Waals surface area (Å²) in [6.45, 7) is 0. The van der Waals surface area contributed by atoms with Gasteiger partial charge in [0.2, 0.25) is 0 Å². The molecule has 1 rings (SSSR count). The first-order chi connectivity index (χ1) is 6.56. The van der Waals surface area contributed by atoms with Crippen molar-refractivity contribution in [3.8, 4) is 11.5 Å². The number of aromatic hydroxyl groups is 1. The second kappa shape index (κ2) is 4.32. The molecule has 4 nitrogen and oxygen atoms in total. The lowest BCUT2D eigenvalue weighted by Gasteiger charge is -2.10. The van der Waals surface area contributed by atoms with E-state index in [9.17, 15) is 9.90 Å². The third-order valence-electron chi connectivity index (χ3n) is 1.72. The molecule has 0 atom stereocenters. The van der Waals surface area contributed by atoms with E-state index < -0.39 is 5.97 Å². The van der Waals surface area contributed by atoms with Gasteiger partial charge in [0, 0.05) is 5.56 Å². The van der Waals surface area contributed by atoms with Crippen molar-refractivity contribution in [3.63, 3.8) is 0 Å². The highest BCUT2D eigenvalue weighted by atomic mass is 79.9. The van der Waals surface area contributed by atoms with Gasteiger partial charge in [-0.15, -0.1) is 0 Å². The number of phenolic OH excluding ortho intramolecular Hbond substituents is 1. The number of halogens is 1. The molecule has 0 aliphatic rings. The van der Waals surface area contributed by atoms with Crippen LogP contribution < -0.4 is 4.74 Å². The molecule has 0 saturated heterocycles. The second-order valence-electron chi connectivity index (χ2n) is 2.65. The van der Waals surface area contributed by atoms with Crippen LogP contribution in [0, 0.1) is 0 Å². The van der Waals surface area contributed by atoms with Gasteiger partial charge >= 0.3 is 5.97 Å². The first-order valence-corrected chi connectivity index (χ1v) is 4.61. The van der Waals surface area contributed by atoms with Gasteiger partial charge in [-0.05, 0) is 28.1 Å². The molecule has 0 bridgehead atoms. The molecule has 14 heavy (non-hydrogen) atoms. The second-order valence-corrected chi connectivity index (χ2v) is 3.50. The summed E-state index contributed by atoms with van der Waals surface area (Å²) in [7, 11) is 1.42. The van der Waals surface area contributed by atoms with E-state index in [0.717, 1.165) is 0 Å². The van der Waals surface area contributed by atoms with Gasteiger partial charge in [-0.25, -0.2) is 0 Å². The van der Waals surface area contributed by atoms with Crippen LogP contribution in [0.15, 0.2) is 16.6 Å². The highest BCUT2D eigenvalue weighted by molar-refractivity contribution is 9.10. The monoisotopic (exact) mass is 260 g/mol. The minimum atomic E-state index is -1.02. The maximum absolute atomic E-state index is 10.5. The lowest BCUT2D eigenvalue weighted by molar-refractivity contribution is -0.136. The number of methoxy groups -OCH3 is 1. The summed E-state index contributed by atoms with van der Waals surface area (Å²) in [5.41, 5.74) is 0.273. The summed E-state index contributed by atoms with van der Waals surface area (Å²) in [6, 6.07) is 3.02. The molecule has 0 aliphatic carbocycles. The fraction of sp³-hybridized carbons (Fsp3) is 0.222. The van der Waals surface area contributed by atoms with E-state index in [4.69, 9.17) is 9.84 Å². The van der Waals surface area contributed by atoms with Crippen molar-refractivity contribution in [2.24, 2.45) is 0 Å². The summed E-state index contributed by atoms with van der Waals surface area (Å²) in [5, 5.41) is 18.1. The van der Waals surface area contributed by atoms with E-state index in [2.05, 4.69) is 15.9 Å². The zero-order valence-corrected chi connectivity index (χ0v) is 9.04. The lowest BCUT2D eigenvalue weighted by atomic mass is 10.1. The molecule has 5 heteroatoms. The number of ether oxygens (including phenoxy) is 1. The minimum Gasteiger partial charge on any atom is -0.508 e. The lowest BCUT2D eigenvalue weighted by Crippen LogP contribution is -2.03. The average molecular weight is 261 g/mol. The molecule has 0 fully saturated rings. The Morgan fingerprint density at radius 3 is 2.71 bits per heavy atom. The smallest absolute Gasteiger partial charge is 0.308 e. The van der Waals surface area contributed by atoms with E-state index in [-0.39, 0.29) is 17.7 Å². The van der Waals surface area contributed by atoms with Crippen LogP contribution in [0.25, 0.3) is 0 Å².